The van der Waals surface area contributed by atoms with Crippen molar-refractivity contribution in [3.05, 3.63) is 47.4 Å². The first-order valence-corrected chi connectivity index (χ1v) is 8.92. The van der Waals surface area contributed by atoms with E-state index >= 15 is 0 Å². The van der Waals surface area contributed by atoms with E-state index in [1.165, 1.54) is 12.1 Å². The lowest BCUT2D eigenvalue weighted by Gasteiger charge is -2.35. The lowest BCUT2D eigenvalue weighted by molar-refractivity contribution is 0.0969. The van der Waals surface area contributed by atoms with Gasteiger partial charge in [0, 0.05) is 24.8 Å². The third-order valence-electron chi connectivity index (χ3n) is 5.00. The molecule has 0 spiro atoms. The van der Waals surface area contributed by atoms with E-state index in [9.17, 15) is 9.18 Å². The van der Waals surface area contributed by atoms with Gasteiger partial charge in [0.25, 0.3) is 5.91 Å². The zero-order valence-electron chi connectivity index (χ0n) is 14.7. The zero-order chi connectivity index (χ0) is 18.1. The summed E-state index contributed by atoms with van der Waals surface area (Å²) in [4.78, 5) is 16.8. The first-order valence-electron chi connectivity index (χ1n) is 8.92. The molecule has 0 aliphatic carbocycles. The highest BCUT2D eigenvalue weighted by Crippen LogP contribution is 2.32. The number of anilines is 2. The van der Waals surface area contributed by atoms with Crippen molar-refractivity contribution in [1.82, 2.24) is 10.2 Å². The minimum atomic E-state index is -0.277. The predicted octanol–water partition coefficient (Wildman–Crippen LogP) is 2.43. The van der Waals surface area contributed by atoms with Crippen molar-refractivity contribution in [3.63, 3.8) is 0 Å². The summed E-state index contributed by atoms with van der Waals surface area (Å²) in [5, 5.41) is 8.38. The number of ether oxygens (including phenoxy) is 1. The molecule has 3 heterocycles. The van der Waals surface area contributed by atoms with Gasteiger partial charge in [-0.05, 0) is 55.7 Å². The van der Waals surface area contributed by atoms with Crippen LogP contribution >= 0.6 is 0 Å². The van der Waals surface area contributed by atoms with Crippen LogP contribution in [0.3, 0.4) is 0 Å². The van der Waals surface area contributed by atoms with E-state index in [1.807, 2.05) is 13.0 Å². The highest BCUT2D eigenvalue weighted by Gasteiger charge is 2.30. The van der Waals surface area contributed by atoms with Crippen LogP contribution in [0, 0.1) is 5.82 Å². The van der Waals surface area contributed by atoms with Gasteiger partial charge in [0.1, 0.15) is 5.82 Å². The summed E-state index contributed by atoms with van der Waals surface area (Å²) in [6.07, 6.45) is 1.56. The van der Waals surface area contributed by atoms with Gasteiger partial charge in [-0.2, -0.15) is 0 Å². The Balaban J connectivity index is 1.59. The van der Waals surface area contributed by atoms with Crippen LogP contribution < -0.4 is 9.80 Å². The molecule has 1 fully saturated rings. The van der Waals surface area contributed by atoms with Gasteiger partial charge in [0.05, 0.1) is 13.2 Å². The third-order valence-corrected chi connectivity index (χ3v) is 5.00. The Kier molecular flexibility index (Phi) is 4.55. The van der Waals surface area contributed by atoms with Crippen molar-refractivity contribution in [3.8, 4) is 0 Å². The summed E-state index contributed by atoms with van der Waals surface area (Å²) in [6, 6.07) is 8.14. The van der Waals surface area contributed by atoms with Gasteiger partial charge >= 0.3 is 0 Å². The molecule has 1 saturated heterocycles. The van der Waals surface area contributed by atoms with Crippen molar-refractivity contribution in [1.29, 1.82) is 0 Å². The van der Waals surface area contributed by atoms with Crippen molar-refractivity contribution in [2.24, 2.45) is 0 Å². The number of hydrogen-bond acceptors (Lipinski definition) is 5. The average Bonchev–Trinajstić information content (AvgIpc) is 2.68. The summed E-state index contributed by atoms with van der Waals surface area (Å²) in [6.45, 7) is 4.87. The van der Waals surface area contributed by atoms with Crippen LogP contribution in [-0.2, 0) is 11.2 Å². The zero-order valence-corrected chi connectivity index (χ0v) is 14.7. The van der Waals surface area contributed by atoms with Crippen LogP contribution in [0.4, 0.5) is 15.9 Å². The van der Waals surface area contributed by atoms with Crippen LogP contribution in [0.2, 0.25) is 0 Å². The Morgan fingerprint density at radius 1 is 1.19 bits per heavy atom. The SMILES string of the molecule is CC1CCc2cc(F)ccc2N1C(=O)c1ccc(N2CCOCC2)nn1. The van der Waals surface area contributed by atoms with E-state index in [-0.39, 0.29) is 17.8 Å². The van der Waals surface area contributed by atoms with Crippen LogP contribution in [-0.4, -0.2) is 48.4 Å². The highest BCUT2D eigenvalue weighted by molar-refractivity contribution is 6.05. The molecule has 7 heteroatoms. The van der Waals surface area contributed by atoms with Crippen molar-refractivity contribution >= 4 is 17.4 Å². The lowest BCUT2D eigenvalue weighted by atomic mass is 9.96. The fraction of sp³-hybridized carbons (Fsp3) is 0.421. The van der Waals surface area contributed by atoms with Crippen molar-refractivity contribution < 1.29 is 13.9 Å². The first kappa shape index (κ1) is 16.9. The quantitative estimate of drug-likeness (QED) is 0.827. The molecule has 1 atom stereocenters. The molecule has 0 bridgehead atoms. The Hall–Kier alpha value is -2.54. The molecule has 1 unspecified atom stereocenters. The smallest absolute Gasteiger partial charge is 0.279 e. The summed E-state index contributed by atoms with van der Waals surface area (Å²) >= 11 is 0. The number of morpholine rings is 1. The molecule has 26 heavy (non-hydrogen) atoms. The Morgan fingerprint density at radius 2 is 2.00 bits per heavy atom. The van der Waals surface area contributed by atoms with E-state index < -0.39 is 0 Å². The van der Waals surface area contributed by atoms with E-state index in [0.29, 0.717) is 18.9 Å². The Labute approximate surface area is 151 Å². The number of rotatable bonds is 2. The number of nitrogens with zero attached hydrogens (tertiary/aromatic N) is 4. The summed E-state index contributed by atoms with van der Waals surface area (Å²) in [5.74, 6) is 0.269. The maximum Gasteiger partial charge on any atom is 0.279 e. The van der Waals surface area contributed by atoms with Crippen molar-refractivity contribution in [2.45, 2.75) is 25.8 Å². The molecule has 1 amide bonds. The number of aryl methyl sites for hydroxylation is 1. The van der Waals surface area contributed by atoms with Gasteiger partial charge < -0.3 is 14.5 Å². The molecular formula is C19H21FN4O2. The number of aromatic nitrogens is 2. The summed E-state index contributed by atoms with van der Waals surface area (Å²) in [7, 11) is 0. The van der Waals surface area contributed by atoms with Crippen LogP contribution in [0.1, 0.15) is 29.4 Å². The number of hydrogen-bond donors (Lipinski definition) is 0. The van der Waals surface area contributed by atoms with Crippen LogP contribution in [0.15, 0.2) is 30.3 Å². The molecule has 4 rings (SSSR count). The maximum absolute atomic E-state index is 13.5. The molecule has 2 aliphatic rings. The molecule has 0 N–H and O–H groups in total. The van der Waals surface area contributed by atoms with Crippen molar-refractivity contribution in [2.75, 3.05) is 36.1 Å². The molecule has 6 nitrogen and oxygen atoms in total. The number of carbonyl (C=O) groups excluding carboxylic acids is 1. The maximum atomic E-state index is 13.5. The Morgan fingerprint density at radius 3 is 2.73 bits per heavy atom. The number of halogens is 1. The number of amides is 1. The molecular weight excluding hydrogens is 335 g/mol. The Bertz CT molecular complexity index is 806. The number of benzene rings is 1. The van der Waals surface area contributed by atoms with Gasteiger partial charge in [-0.25, -0.2) is 4.39 Å². The van der Waals surface area contributed by atoms with Crippen LogP contribution in [0.5, 0.6) is 0 Å². The second-order valence-corrected chi connectivity index (χ2v) is 6.71. The molecule has 1 aromatic heterocycles. The normalized spacial score (nSPS) is 20.0. The van der Waals surface area contributed by atoms with Crippen LogP contribution in [0.25, 0.3) is 0 Å². The van der Waals surface area contributed by atoms with Gasteiger partial charge in [-0.1, -0.05) is 0 Å². The summed E-state index contributed by atoms with van der Waals surface area (Å²) in [5.41, 5.74) is 1.91. The number of fused-ring (bicyclic) bond motifs is 1. The first-order chi connectivity index (χ1) is 12.6. The standard InChI is InChI=1S/C19H21FN4O2/c1-13-2-3-14-12-15(20)4-6-17(14)24(13)19(25)16-5-7-18(22-21-16)23-8-10-26-11-9-23/h4-7,12-13H,2-3,8-11H2,1H3. The van der Waals surface area contributed by atoms with Gasteiger partial charge in [-0.3, -0.25) is 4.79 Å². The topological polar surface area (TPSA) is 58.6 Å². The third kappa shape index (κ3) is 3.14. The fourth-order valence-electron chi connectivity index (χ4n) is 3.55. The average molecular weight is 356 g/mol. The molecule has 0 saturated carbocycles. The molecule has 136 valence electrons. The largest absolute Gasteiger partial charge is 0.378 e. The molecule has 0 radical (unpaired) electrons. The van der Waals surface area contributed by atoms with Gasteiger partial charge in [-0.15, -0.1) is 10.2 Å². The minimum absolute atomic E-state index is 0.0289. The lowest BCUT2D eigenvalue weighted by Crippen LogP contribution is -2.42. The monoisotopic (exact) mass is 356 g/mol. The van der Waals surface area contributed by atoms with Gasteiger partial charge in [0.2, 0.25) is 0 Å². The van der Waals surface area contributed by atoms with E-state index in [1.54, 1.807) is 17.0 Å². The fourth-order valence-corrected chi connectivity index (χ4v) is 3.55. The second kappa shape index (κ2) is 6.99. The highest BCUT2D eigenvalue weighted by atomic mass is 19.1. The number of carbonyl (C=O) groups is 1. The molecule has 2 aliphatic heterocycles. The minimum Gasteiger partial charge on any atom is -0.378 e. The predicted molar refractivity (Wildman–Crippen MR) is 96.1 cm³/mol. The van der Waals surface area contributed by atoms with E-state index in [4.69, 9.17) is 4.74 Å². The van der Waals surface area contributed by atoms with Gasteiger partial charge in [0.15, 0.2) is 11.5 Å². The van der Waals surface area contributed by atoms with E-state index in [0.717, 1.165) is 43.0 Å². The summed E-state index contributed by atoms with van der Waals surface area (Å²) < 4.78 is 18.9. The second-order valence-electron chi connectivity index (χ2n) is 6.71. The van der Waals surface area contributed by atoms with E-state index in [2.05, 4.69) is 15.1 Å². The molecule has 2 aromatic rings. The molecule has 1 aromatic carbocycles.